The molecule has 0 bridgehead atoms. The molecule has 2 aromatic rings. The van der Waals surface area contributed by atoms with Gasteiger partial charge in [0.1, 0.15) is 0 Å². The molecule has 0 aliphatic rings. The molecule has 0 radical (unpaired) electrons. The molecule has 0 aromatic heterocycles. The van der Waals surface area contributed by atoms with Crippen molar-refractivity contribution in [3.63, 3.8) is 0 Å². The smallest absolute Gasteiger partial charge is 0.207 e. The third-order valence-corrected chi connectivity index (χ3v) is 6.51. The summed E-state index contributed by atoms with van der Waals surface area (Å²) in [4.78, 5) is 0.266. The topological polar surface area (TPSA) is 37.4 Å². The summed E-state index contributed by atoms with van der Waals surface area (Å²) >= 11 is 6.64. The Morgan fingerprint density at radius 1 is 1.10 bits per heavy atom. The maximum absolute atomic E-state index is 12.7. The fourth-order valence-electron chi connectivity index (χ4n) is 1.96. The van der Waals surface area contributed by atoms with E-state index in [1.165, 1.54) is 4.31 Å². The van der Waals surface area contributed by atoms with Gasteiger partial charge in [-0.1, -0.05) is 40.2 Å². The Morgan fingerprint density at radius 2 is 1.76 bits per heavy atom. The summed E-state index contributed by atoms with van der Waals surface area (Å²) in [6.07, 6.45) is 0. The molecule has 0 amide bonds. The standard InChI is InChI=1S/C15H15Br2NO2S/c1-11-5-3-4-6-12(11)10-18(2)21(19,20)15-8-7-13(16)9-14(15)17/h3-9H,10H2,1-2H3. The van der Waals surface area contributed by atoms with Gasteiger partial charge in [0.15, 0.2) is 0 Å². The van der Waals surface area contributed by atoms with E-state index in [1.807, 2.05) is 31.2 Å². The second kappa shape index (κ2) is 6.60. The fraction of sp³-hybridized carbons (Fsp3) is 0.200. The van der Waals surface area contributed by atoms with Gasteiger partial charge in [0.2, 0.25) is 10.0 Å². The van der Waals surface area contributed by atoms with Gasteiger partial charge in [0.25, 0.3) is 0 Å². The van der Waals surface area contributed by atoms with E-state index in [4.69, 9.17) is 0 Å². The normalized spacial score (nSPS) is 11.9. The lowest BCUT2D eigenvalue weighted by molar-refractivity contribution is 0.465. The molecular formula is C15H15Br2NO2S. The molecular weight excluding hydrogens is 418 g/mol. The third-order valence-electron chi connectivity index (χ3n) is 3.24. The zero-order valence-electron chi connectivity index (χ0n) is 11.7. The summed E-state index contributed by atoms with van der Waals surface area (Å²) in [5, 5.41) is 0. The Kier molecular flexibility index (Phi) is 5.24. The largest absolute Gasteiger partial charge is 0.244 e. The molecule has 0 aliphatic carbocycles. The number of sulfonamides is 1. The van der Waals surface area contributed by atoms with Crippen LogP contribution in [0.4, 0.5) is 0 Å². The molecule has 0 N–H and O–H groups in total. The maximum atomic E-state index is 12.7. The highest BCUT2D eigenvalue weighted by Crippen LogP contribution is 2.28. The van der Waals surface area contributed by atoms with Crippen molar-refractivity contribution in [3.05, 3.63) is 62.5 Å². The van der Waals surface area contributed by atoms with Crippen LogP contribution in [0.25, 0.3) is 0 Å². The summed E-state index contributed by atoms with van der Waals surface area (Å²) in [5.41, 5.74) is 2.08. The van der Waals surface area contributed by atoms with E-state index in [-0.39, 0.29) is 4.90 Å². The van der Waals surface area contributed by atoms with Crippen LogP contribution in [0, 0.1) is 6.92 Å². The molecule has 0 spiro atoms. The Balaban J connectivity index is 2.33. The highest BCUT2D eigenvalue weighted by atomic mass is 79.9. The second-order valence-corrected chi connectivity index (χ2v) is 8.55. The van der Waals surface area contributed by atoms with Crippen LogP contribution < -0.4 is 0 Å². The van der Waals surface area contributed by atoms with E-state index >= 15 is 0 Å². The molecule has 0 saturated heterocycles. The molecule has 0 heterocycles. The van der Waals surface area contributed by atoms with Crippen LogP contribution in [0.1, 0.15) is 11.1 Å². The number of nitrogens with zero attached hydrogens (tertiary/aromatic N) is 1. The van der Waals surface area contributed by atoms with E-state index in [0.717, 1.165) is 15.6 Å². The lowest BCUT2D eigenvalue weighted by Crippen LogP contribution is -2.27. The summed E-state index contributed by atoms with van der Waals surface area (Å²) in [5.74, 6) is 0. The average Bonchev–Trinajstić information content (AvgIpc) is 2.40. The van der Waals surface area contributed by atoms with E-state index in [2.05, 4.69) is 31.9 Å². The number of benzene rings is 2. The van der Waals surface area contributed by atoms with Crippen LogP contribution in [0.2, 0.25) is 0 Å². The second-order valence-electron chi connectivity index (χ2n) is 4.76. The Hall–Kier alpha value is -0.690. The van der Waals surface area contributed by atoms with Gasteiger partial charge in [-0.05, 0) is 52.2 Å². The molecule has 21 heavy (non-hydrogen) atoms. The van der Waals surface area contributed by atoms with Gasteiger partial charge in [0, 0.05) is 22.5 Å². The van der Waals surface area contributed by atoms with Gasteiger partial charge < -0.3 is 0 Å². The zero-order valence-corrected chi connectivity index (χ0v) is 15.7. The molecule has 3 nitrogen and oxygen atoms in total. The van der Waals surface area contributed by atoms with Gasteiger partial charge in [-0.2, -0.15) is 4.31 Å². The van der Waals surface area contributed by atoms with Crippen LogP contribution in [0.5, 0.6) is 0 Å². The Labute approximate surface area is 142 Å². The molecule has 0 unspecified atom stereocenters. The SMILES string of the molecule is Cc1ccccc1CN(C)S(=O)(=O)c1ccc(Br)cc1Br. The first-order valence-electron chi connectivity index (χ1n) is 6.28. The highest BCUT2D eigenvalue weighted by molar-refractivity contribution is 9.11. The lowest BCUT2D eigenvalue weighted by Gasteiger charge is -2.19. The predicted molar refractivity (Wildman–Crippen MR) is 91.7 cm³/mol. The number of halogens is 2. The summed E-state index contributed by atoms with van der Waals surface area (Å²) in [6.45, 7) is 2.32. The molecule has 0 aliphatic heterocycles. The van der Waals surface area contributed by atoms with Crippen LogP contribution in [0.15, 0.2) is 56.3 Å². The predicted octanol–water partition coefficient (Wildman–Crippen LogP) is 4.34. The fourth-order valence-corrected chi connectivity index (χ4v) is 4.82. The molecule has 112 valence electrons. The number of rotatable bonds is 4. The maximum Gasteiger partial charge on any atom is 0.244 e. The van der Waals surface area contributed by atoms with E-state index in [1.54, 1.807) is 25.2 Å². The van der Waals surface area contributed by atoms with Crippen molar-refractivity contribution in [3.8, 4) is 0 Å². The Bertz CT molecular complexity index is 760. The lowest BCUT2D eigenvalue weighted by atomic mass is 10.1. The molecule has 6 heteroatoms. The minimum Gasteiger partial charge on any atom is -0.207 e. The van der Waals surface area contributed by atoms with Crippen molar-refractivity contribution < 1.29 is 8.42 Å². The van der Waals surface area contributed by atoms with E-state index < -0.39 is 10.0 Å². The van der Waals surface area contributed by atoms with Gasteiger partial charge in [-0.25, -0.2) is 8.42 Å². The number of hydrogen-bond acceptors (Lipinski definition) is 2. The first-order valence-corrected chi connectivity index (χ1v) is 9.31. The van der Waals surface area contributed by atoms with Crippen LogP contribution in [-0.4, -0.2) is 19.8 Å². The third kappa shape index (κ3) is 3.74. The summed E-state index contributed by atoms with van der Waals surface area (Å²) in [7, 11) is -1.94. The van der Waals surface area contributed by atoms with E-state index in [9.17, 15) is 8.42 Å². The van der Waals surface area contributed by atoms with Crippen molar-refractivity contribution in [1.82, 2.24) is 4.31 Å². The van der Waals surface area contributed by atoms with Gasteiger partial charge in [0.05, 0.1) is 4.90 Å². The first-order chi connectivity index (χ1) is 9.82. The quantitative estimate of drug-likeness (QED) is 0.720. The van der Waals surface area contributed by atoms with Crippen molar-refractivity contribution in [1.29, 1.82) is 0 Å². The van der Waals surface area contributed by atoms with Crippen molar-refractivity contribution in [2.24, 2.45) is 0 Å². The first kappa shape index (κ1) is 16.7. The zero-order chi connectivity index (χ0) is 15.6. The van der Waals surface area contributed by atoms with Gasteiger partial charge >= 0.3 is 0 Å². The van der Waals surface area contributed by atoms with Crippen molar-refractivity contribution in [2.75, 3.05) is 7.05 Å². The molecule has 2 aromatic carbocycles. The van der Waals surface area contributed by atoms with Crippen LogP contribution in [0.3, 0.4) is 0 Å². The Morgan fingerprint density at radius 3 is 2.38 bits per heavy atom. The van der Waals surface area contributed by atoms with Gasteiger partial charge in [-0.3, -0.25) is 0 Å². The number of hydrogen-bond donors (Lipinski definition) is 0. The molecule has 0 atom stereocenters. The highest BCUT2D eigenvalue weighted by Gasteiger charge is 2.23. The molecule has 0 saturated carbocycles. The summed E-state index contributed by atoms with van der Waals surface area (Å²) < 4.78 is 28.1. The minimum absolute atomic E-state index is 0.266. The van der Waals surface area contributed by atoms with Crippen LogP contribution >= 0.6 is 31.9 Å². The van der Waals surface area contributed by atoms with Crippen LogP contribution in [-0.2, 0) is 16.6 Å². The van der Waals surface area contributed by atoms with E-state index in [0.29, 0.717) is 11.0 Å². The van der Waals surface area contributed by atoms with Crippen molar-refractivity contribution in [2.45, 2.75) is 18.4 Å². The van der Waals surface area contributed by atoms with Crippen molar-refractivity contribution >= 4 is 41.9 Å². The summed E-state index contributed by atoms with van der Waals surface area (Å²) in [6, 6.07) is 12.8. The average molecular weight is 433 g/mol. The van der Waals surface area contributed by atoms with Gasteiger partial charge in [-0.15, -0.1) is 0 Å². The molecule has 2 rings (SSSR count). The molecule has 0 fully saturated rings. The minimum atomic E-state index is -3.54. The monoisotopic (exact) mass is 431 g/mol. The number of aryl methyl sites for hydroxylation is 1.